The molecular formula is C11H10FN3O. The molecule has 0 saturated carbocycles. The topological polar surface area (TPSA) is 59.9 Å². The van der Waals surface area contributed by atoms with Gasteiger partial charge in [-0.1, -0.05) is 0 Å². The molecule has 1 aromatic rings. The molecule has 0 bridgehead atoms. The van der Waals surface area contributed by atoms with Crippen LogP contribution in [0.25, 0.3) is 0 Å². The summed E-state index contributed by atoms with van der Waals surface area (Å²) in [4.78, 5) is 16.0. The van der Waals surface area contributed by atoms with Gasteiger partial charge in [0, 0.05) is 12.7 Å². The summed E-state index contributed by atoms with van der Waals surface area (Å²) in [6.45, 7) is 0.521. The number of nitrogens with one attached hydrogen (secondary N) is 1. The minimum Gasteiger partial charge on any atom is -0.356 e. The number of carbonyl (C=O) groups is 1. The summed E-state index contributed by atoms with van der Waals surface area (Å²) >= 11 is 0. The Hall–Kier alpha value is -2.09. The molecule has 0 spiro atoms. The molecule has 1 aliphatic rings. The molecule has 0 aromatic carbocycles. The van der Waals surface area contributed by atoms with E-state index in [1.165, 1.54) is 23.2 Å². The number of nitrogens with zero attached hydrogens (tertiary/aromatic N) is 2. The fraction of sp³-hybridized carbons (Fsp3) is 0.273. The van der Waals surface area contributed by atoms with Crippen LogP contribution in [0.5, 0.6) is 0 Å². The van der Waals surface area contributed by atoms with Crippen LogP contribution in [-0.2, 0) is 0 Å². The number of rotatable bonds is 1. The van der Waals surface area contributed by atoms with Crippen LogP contribution in [0.4, 0.5) is 4.39 Å². The molecule has 0 unspecified atom stereocenters. The lowest BCUT2D eigenvalue weighted by molar-refractivity contribution is 0.0750. The Morgan fingerprint density at radius 2 is 2.44 bits per heavy atom. The van der Waals surface area contributed by atoms with Gasteiger partial charge in [-0.2, -0.15) is 5.26 Å². The Balaban J connectivity index is 2.14. The molecule has 1 N–H and O–H groups in total. The third-order valence-electron chi connectivity index (χ3n) is 2.44. The molecule has 0 aliphatic carbocycles. The highest BCUT2D eigenvalue weighted by molar-refractivity contribution is 5.93. The highest BCUT2D eigenvalue weighted by Crippen LogP contribution is 2.14. The largest absolute Gasteiger partial charge is 0.356 e. The number of aromatic amines is 1. The van der Waals surface area contributed by atoms with Crippen LogP contribution in [0.1, 0.15) is 22.5 Å². The summed E-state index contributed by atoms with van der Waals surface area (Å²) in [5.74, 6) is -0.559. The van der Waals surface area contributed by atoms with E-state index in [9.17, 15) is 9.18 Å². The molecule has 2 rings (SSSR count). The standard InChI is InChI=1S/C11H10FN3O/c12-9-2-1-3-15(7-9)11(16)10-4-8(5-13)6-14-10/h2,4,6,14H,1,3,7H2. The average Bonchev–Trinajstić information content (AvgIpc) is 2.76. The molecule has 1 amide bonds. The zero-order valence-corrected chi connectivity index (χ0v) is 8.53. The second-order valence-electron chi connectivity index (χ2n) is 3.58. The van der Waals surface area contributed by atoms with Crippen LogP contribution in [-0.4, -0.2) is 28.9 Å². The first-order chi connectivity index (χ1) is 7.70. The van der Waals surface area contributed by atoms with Gasteiger partial charge < -0.3 is 9.88 Å². The lowest BCUT2D eigenvalue weighted by Crippen LogP contribution is -2.35. The van der Waals surface area contributed by atoms with Gasteiger partial charge in [0.15, 0.2) is 0 Å². The first-order valence-electron chi connectivity index (χ1n) is 4.93. The summed E-state index contributed by atoms with van der Waals surface area (Å²) in [5, 5.41) is 8.62. The van der Waals surface area contributed by atoms with Gasteiger partial charge in [0.05, 0.1) is 12.1 Å². The maximum atomic E-state index is 13.0. The summed E-state index contributed by atoms with van der Waals surface area (Å²) in [7, 11) is 0. The molecule has 4 nitrogen and oxygen atoms in total. The number of halogens is 1. The van der Waals surface area contributed by atoms with Gasteiger partial charge in [0.25, 0.3) is 5.91 Å². The molecule has 82 valence electrons. The first-order valence-corrected chi connectivity index (χ1v) is 4.93. The lowest BCUT2D eigenvalue weighted by atomic mass is 10.2. The summed E-state index contributed by atoms with van der Waals surface area (Å²) in [6, 6.07) is 3.40. The Kier molecular flexibility index (Phi) is 2.73. The number of nitriles is 1. The maximum Gasteiger partial charge on any atom is 0.270 e. The van der Waals surface area contributed by atoms with Gasteiger partial charge in [-0.05, 0) is 18.6 Å². The summed E-state index contributed by atoms with van der Waals surface area (Å²) < 4.78 is 13.0. The van der Waals surface area contributed by atoms with Crippen molar-refractivity contribution in [2.24, 2.45) is 0 Å². The first kappa shape index (κ1) is 10.4. The number of carbonyl (C=O) groups excluding carboxylic acids is 1. The van der Waals surface area contributed by atoms with Gasteiger partial charge >= 0.3 is 0 Å². The number of hydrogen-bond acceptors (Lipinski definition) is 2. The van der Waals surface area contributed by atoms with E-state index in [-0.39, 0.29) is 18.3 Å². The predicted octanol–water partition coefficient (Wildman–Crippen LogP) is 1.59. The fourth-order valence-electron chi connectivity index (χ4n) is 1.63. The SMILES string of the molecule is N#Cc1c[nH]c(C(=O)N2CCC=C(F)C2)c1. The molecular weight excluding hydrogens is 209 g/mol. The van der Waals surface area contributed by atoms with E-state index < -0.39 is 0 Å². The molecule has 0 saturated heterocycles. The van der Waals surface area contributed by atoms with E-state index >= 15 is 0 Å². The van der Waals surface area contributed by atoms with Crippen molar-refractivity contribution >= 4 is 5.91 Å². The summed E-state index contributed by atoms with van der Waals surface area (Å²) in [5.41, 5.74) is 0.725. The highest BCUT2D eigenvalue weighted by Gasteiger charge is 2.20. The molecule has 2 heterocycles. The van der Waals surface area contributed by atoms with Crippen molar-refractivity contribution in [2.45, 2.75) is 6.42 Å². The zero-order chi connectivity index (χ0) is 11.5. The minimum atomic E-state index is -0.285. The molecule has 0 atom stereocenters. The van der Waals surface area contributed by atoms with Crippen molar-refractivity contribution in [1.82, 2.24) is 9.88 Å². The molecule has 5 heteroatoms. The monoisotopic (exact) mass is 219 g/mol. The highest BCUT2D eigenvalue weighted by atomic mass is 19.1. The third-order valence-corrected chi connectivity index (χ3v) is 2.44. The van der Waals surface area contributed by atoms with E-state index in [1.807, 2.05) is 6.07 Å². The molecule has 0 radical (unpaired) electrons. The normalized spacial score (nSPS) is 15.5. The van der Waals surface area contributed by atoms with E-state index in [0.29, 0.717) is 24.2 Å². The summed E-state index contributed by atoms with van der Waals surface area (Å²) in [6.07, 6.45) is 3.48. The smallest absolute Gasteiger partial charge is 0.270 e. The zero-order valence-electron chi connectivity index (χ0n) is 8.53. The molecule has 1 aliphatic heterocycles. The van der Waals surface area contributed by atoms with Crippen LogP contribution in [0.15, 0.2) is 24.2 Å². The minimum absolute atomic E-state index is 0.0136. The average molecular weight is 219 g/mol. The fourth-order valence-corrected chi connectivity index (χ4v) is 1.63. The number of hydrogen-bond donors (Lipinski definition) is 1. The van der Waals surface area contributed by atoms with Crippen LogP contribution in [0.3, 0.4) is 0 Å². The van der Waals surface area contributed by atoms with E-state index in [4.69, 9.17) is 5.26 Å². The van der Waals surface area contributed by atoms with Gasteiger partial charge in [-0.25, -0.2) is 4.39 Å². The second-order valence-corrected chi connectivity index (χ2v) is 3.58. The van der Waals surface area contributed by atoms with Crippen LogP contribution in [0.2, 0.25) is 0 Å². The van der Waals surface area contributed by atoms with Gasteiger partial charge in [-0.3, -0.25) is 4.79 Å². The number of aromatic nitrogens is 1. The van der Waals surface area contributed by atoms with Gasteiger partial charge in [0.2, 0.25) is 0 Å². The van der Waals surface area contributed by atoms with Crippen molar-refractivity contribution in [3.05, 3.63) is 35.4 Å². The Morgan fingerprint density at radius 3 is 3.06 bits per heavy atom. The third kappa shape index (κ3) is 1.96. The maximum absolute atomic E-state index is 13.0. The molecule has 1 aromatic heterocycles. The second kappa shape index (κ2) is 4.19. The van der Waals surface area contributed by atoms with Crippen LogP contribution >= 0.6 is 0 Å². The van der Waals surface area contributed by atoms with Crippen molar-refractivity contribution < 1.29 is 9.18 Å². The van der Waals surface area contributed by atoms with Crippen LogP contribution in [0, 0.1) is 11.3 Å². The van der Waals surface area contributed by atoms with Crippen molar-refractivity contribution in [2.75, 3.05) is 13.1 Å². The van der Waals surface area contributed by atoms with E-state index in [0.717, 1.165) is 0 Å². The lowest BCUT2D eigenvalue weighted by Gasteiger charge is -2.23. The Bertz CT molecular complexity index is 484. The van der Waals surface area contributed by atoms with E-state index in [1.54, 1.807) is 0 Å². The van der Waals surface area contributed by atoms with Crippen molar-refractivity contribution in [1.29, 1.82) is 5.26 Å². The van der Waals surface area contributed by atoms with Crippen molar-refractivity contribution in [3.63, 3.8) is 0 Å². The van der Waals surface area contributed by atoms with Gasteiger partial charge in [-0.15, -0.1) is 0 Å². The van der Waals surface area contributed by atoms with Gasteiger partial charge in [0.1, 0.15) is 17.6 Å². The quantitative estimate of drug-likeness (QED) is 0.779. The molecule has 0 fully saturated rings. The van der Waals surface area contributed by atoms with Crippen molar-refractivity contribution in [3.8, 4) is 6.07 Å². The van der Waals surface area contributed by atoms with Crippen LogP contribution < -0.4 is 0 Å². The number of amides is 1. The van der Waals surface area contributed by atoms with E-state index in [2.05, 4.69) is 4.98 Å². The predicted molar refractivity (Wildman–Crippen MR) is 55.2 cm³/mol. The molecule has 16 heavy (non-hydrogen) atoms. The number of H-pyrrole nitrogens is 1. The Morgan fingerprint density at radius 1 is 1.62 bits per heavy atom. The Labute approximate surface area is 92.0 Å².